The van der Waals surface area contributed by atoms with Gasteiger partial charge in [-0.2, -0.15) is 0 Å². The molecule has 19 heavy (non-hydrogen) atoms. The van der Waals surface area contributed by atoms with E-state index in [1.165, 1.54) is 30.6 Å². The van der Waals surface area contributed by atoms with Gasteiger partial charge in [0.25, 0.3) is 0 Å². The van der Waals surface area contributed by atoms with E-state index >= 15 is 0 Å². The van der Waals surface area contributed by atoms with Crippen molar-refractivity contribution in [3.63, 3.8) is 0 Å². The molecule has 2 atom stereocenters. The molecule has 3 nitrogen and oxygen atoms in total. The largest absolute Gasteiger partial charge is 0.342 e. The number of halogens is 1. The van der Waals surface area contributed by atoms with Gasteiger partial charge in [-0.15, -0.1) is 22.9 Å². The van der Waals surface area contributed by atoms with Crippen LogP contribution in [-0.2, 0) is 17.1 Å². The summed E-state index contributed by atoms with van der Waals surface area (Å²) >= 11 is 7.25. The Labute approximate surface area is 124 Å². The molecular weight excluding hydrogens is 280 g/mol. The fourth-order valence-electron chi connectivity index (χ4n) is 2.80. The molecule has 0 N–H and O–H groups in total. The van der Waals surface area contributed by atoms with Gasteiger partial charge in [0.2, 0.25) is 5.91 Å². The average Bonchev–Trinajstić information content (AvgIpc) is 2.86. The predicted molar refractivity (Wildman–Crippen MR) is 79.6 cm³/mol. The molecule has 0 bridgehead atoms. The maximum atomic E-state index is 12.3. The Balaban J connectivity index is 1.94. The summed E-state index contributed by atoms with van der Waals surface area (Å²) in [5.41, 5.74) is 0.864. The lowest BCUT2D eigenvalue weighted by Gasteiger charge is -2.36. The fraction of sp³-hybridized carbons (Fsp3) is 0.714. The standard InChI is InChI=1S/C14H21ClN2OS/c1-10-5-3-4-6-12(10)17(2)14(18)7-13-16-11(8-15)9-19-13/h9-10,12H,3-8H2,1-2H3. The Hall–Kier alpha value is -0.610. The molecule has 1 aromatic rings. The van der Waals surface area contributed by atoms with Crippen molar-refractivity contribution in [2.45, 2.75) is 50.9 Å². The minimum absolute atomic E-state index is 0.175. The van der Waals surface area contributed by atoms with Crippen LogP contribution in [0.1, 0.15) is 43.3 Å². The van der Waals surface area contributed by atoms with Crippen LogP contribution in [0.4, 0.5) is 0 Å². The lowest BCUT2D eigenvalue weighted by atomic mass is 9.85. The van der Waals surface area contributed by atoms with Gasteiger partial charge in [-0.3, -0.25) is 4.79 Å². The van der Waals surface area contributed by atoms with Gasteiger partial charge in [0.1, 0.15) is 5.01 Å². The highest BCUT2D eigenvalue weighted by molar-refractivity contribution is 7.09. The maximum absolute atomic E-state index is 12.3. The number of hydrogen-bond acceptors (Lipinski definition) is 3. The number of hydrogen-bond donors (Lipinski definition) is 0. The molecule has 1 aromatic heterocycles. The monoisotopic (exact) mass is 300 g/mol. The first-order chi connectivity index (χ1) is 9.11. The molecule has 1 heterocycles. The van der Waals surface area contributed by atoms with Crippen molar-refractivity contribution in [1.82, 2.24) is 9.88 Å². The minimum atomic E-state index is 0.175. The van der Waals surface area contributed by atoms with Gasteiger partial charge in [0.05, 0.1) is 18.0 Å². The summed E-state index contributed by atoms with van der Waals surface area (Å²) in [6, 6.07) is 0.397. The number of thiazole rings is 1. The topological polar surface area (TPSA) is 33.2 Å². The summed E-state index contributed by atoms with van der Waals surface area (Å²) in [6.45, 7) is 2.25. The van der Waals surface area contributed by atoms with E-state index < -0.39 is 0 Å². The Kier molecular flexibility index (Phi) is 5.22. The number of likely N-dealkylation sites (N-methyl/N-ethyl adjacent to an activating group) is 1. The van der Waals surface area contributed by atoms with Crippen molar-refractivity contribution >= 4 is 28.8 Å². The molecule has 1 aliphatic carbocycles. The van der Waals surface area contributed by atoms with Gasteiger partial charge in [0.15, 0.2) is 0 Å². The highest BCUT2D eigenvalue weighted by Gasteiger charge is 2.28. The Morgan fingerprint density at radius 2 is 2.26 bits per heavy atom. The molecule has 0 radical (unpaired) electrons. The third-order valence-corrected chi connectivity index (χ3v) is 5.17. The van der Waals surface area contributed by atoms with Gasteiger partial charge in [-0.1, -0.05) is 19.8 Å². The Bertz CT molecular complexity index is 435. The van der Waals surface area contributed by atoms with E-state index in [4.69, 9.17) is 11.6 Å². The van der Waals surface area contributed by atoms with Crippen molar-refractivity contribution in [3.05, 3.63) is 16.1 Å². The smallest absolute Gasteiger partial charge is 0.229 e. The number of nitrogens with zero attached hydrogens (tertiary/aromatic N) is 2. The molecule has 0 aliphatic heterocycles. The van der Waals surface area contributed by atoms with Crippen molar-refractivity contribution < 1.29 is 4.79 Å². The van der Waals surface area contributed by atoms with Crippen LogP contribution in [-0.4, -0.2) is 28.9 Å². The van der Waals surface area contributed by atoms with E-state index in [1.807, 2.05) is 17.3 Å². The second-order valence-corrected chi connectivity index (χ2v) is 6.59. The summed E-state index contributed by atoms with van der Waals surface area (Å²) in [7, 11) is 1.94. The molecular formula is C14H21ClN2OS. The molecule has 0 saturated heterocycles. The zero-order chi connectivity index (χ0) is 13.8. The summed E-state index contributed by atoms with van der Waals surface area (Å²) in [4.78, 5) is 18.6. The van der Waals surface area contributed by atoms with Crippen LogP contribution in [0.5, 0.6) is 0 Å². The number of carbonyl (C=O) groups is 1. The highest BCUT2D eigenvalue weighted by atomic mass is 35.5. The first-order valence-corrected chi connectivity index (χ1v) is 8.28. The van der Waals surface area contributed by atoms with Gasteiger partial charge in [0, 0.05) is 18.5 Å². The molecule has 0 aromatic carbocycles. The maximum Gasteiger partial charge on any atom is 0.229 e. The van der Waals surface area contributed by atoms with Crippen LogP contribution in [0.15, 0.2) is 5.38 Å². The van der Waals surface area contributed by atoms with Crippen molar-refractivity contribution in [2.75, 3.05) is 7.05 Å². The Morgan fingerprint density at radius 3 is 2.89 bits per heavy atom. The quantitative estimate of drug-likeness (QED) is 0.798. The van der Waals surface area contributed by atoms with Gasteiger partial charge in [-0.05, 0) is 18.8 Å². The second-order valence-electron chi connectivity index (χ2n) is 5.38. The van der Waals surface area contributed by atoms with Gasteiger partial charge in [-0.25, -0.2) is 4.98 Å². The molecule has 1 amide bonds. The van der Waals surface area contributed by atoms with Crippen molar-refractivity contribution in [1.29, 1.82) is 0 Å². The van der Waals surface area contributed by atoms with Crippen molar-refractivity contribution in [3.8, 4) is 0 Å². The number of amides is 1. The van der Waals surface area contributed by atoms with Crippen molar-refractivity contribution in [2.24, 2.45) is 5.92 Å². The normalized spacial score (nSPS) is 23.3. The molecule has 1 saturated carbocycles. The Morgan fingerprint density at radius 1 is 1.53 bits per heavy atom. The molecule has 5 heteroatoms. The summed E-state index contributed by atoms with van der Waals surface area (Å²) in [6.07, 6.45) is 5.30. The van der Waals surface area contributed by atoms with E-state index in [-0.39, 0.29) is 5.91 Å². The highest BCUT2D eigenvalue weighted by Crippen LogP contribution is 2.27. The molecule has 2 rings (SSSR count). The van der Waals surface area contributed by atoms with E-state index in [0.717, 1.165) is 17.1 Å². The molecule has 2 unspecified atom stereocenters. The first kappa shape index (κ1) is 14.8. The number of alkyl halides is 1. The number of aromatic nitrogens is 1. The molecule has 1 aliphatic rings. The summed E-state index contributed by atoms with van der Waals surface area (Å²) in [5.74, 6) is 1.20. The number of rotatable bonds is 4. The van der Waals surface area contributed by atoms with E-state index in [0.29, 0.717) is 24.3 Å². The van der Waals surface area contributed by atoms with Crippen LogP contribution in [0, 0.1) is 5.92 Å². The number of carbonyl (C=O) groups excluding carboxylic acids is 1. The summed E-state index contributed by atoms with van der Waals surface area (Å²) in [5, 5.41) is 2.80. The molecule has 106 valence electrons. The lowest BCUT2D eigenvalue weighted by Crippen LogP contribution is -2.43. The second kappa shape index (κ2) is 6.71. The minimum Gasteiger partial charge on any atom is -0.342 e. The zero-order valence-corrected chi connectivity index (χ0v) is 13.1. The zero-order valence-electron chi connectivity index (χ0n) is 11.6. The lowest BCUT2D eigenvalue weighted by molar-refractivity contribution is -0.132. The van der Waals surface area contributed by atoms with E-state index in [2.05, 4.69) is 11.9 Å². The van der Waals surface area contributed by atoms with Crippen LogP contribution in [0.2, 0.25) is 0 Å². The third-order valence-electron chi connectivity index (χ3n) is 4.00. The molecule has 0 spiro atoms. The van der Waals surface area contributed by atoms with Gasteiger partial charge >= 0.3 is 0 Å². The van der Waals surface area contributed by atoms with E-state index in [9.17, 15) is 4.79 Å². The third kappa shape index (κ3) is 3.69. The first-order valence-electron chi connectivity index (χ1n) is 6.86. The van der Waals surface area contributed by atoms with E-state index in [1.54, 1.807) is 0 Å². The average molecular weight is 301 g/mol. The van der Waals surface area contributed by atoms with Crippen LogP contribution >= 0.6 is 22.9 Å². The van der Waals surface area contributed by atoms with Crippen LogP contribution in [0.3, 0.4) is 0 Å². The fourth-order valence-corrected chi connectivity index (χ4v) is 3.82. The molecule has 1 fully saturated rings. The SMILES string of the molecule is CC1CCCCC1N(C)C(=O)Cc1nc(CCl)cs1. The van der Waals surface area contributed by atoms with Crippen LogP contribution in [0.25, 0.3) is 0 Å². The summed E-state index contributed by atoms with van der Waals surface area (Å²) < 4.78 is 0. The van der Waals surface area contributed by atoms with Gasteiger partial charge < -0.3 is 4.90 Å². The van der Waals surface area contributed by atoms with Crippen LogP contribution < -0.4 is 0 Å². The predicted octanol–water partition coefficient (Wildman–Crippen LogP) is 3.46.